The molecule has 1 heterocycles. The van der Waals surface area contributed by atoms with Crippen molar-refractivity contribution >= 4 is 27.4 Å². The Labute approximate surface area is 161 Å². The van der Waals surface area contributed by atoms with Gasteiger partial charge in [-0.15, -0.1) is 11.3 Å². The van der Waals surface area contributed by atoms with E-state index in [1.807, 2.05) is 13.8 Å². The highest BCUT2D eigenvalue weighted by Gasteiger charge is 2.26. The monoisotopic (exact) mass is 414 g/mol. The molecule has 1 aliphatic carbocycles. The zero-order valence-corrected chi connectivity index (χ0v) is 16.8. The van der Waals surface area contributed by atoms with Gasteiger partial charge in [0.05, 0.1) is 21.6 Å². The summed E-state index contributed by atoms with van der Waals surface area (Å²) in [6.45, 7) is 2.65. The normalized spacial score (nSPS) is 15.4. The van der Waals surface area contributed by atoms with Crippen molar-refractivity contribution in [1.29, 1.82) is 0 Å². The lowest BCUT2D eigenvalue weighted by Gasteiger charge is -2.20. The Hall–Kier alpha value is -1.84. The molecule has 0 amide bonds. The van der Waals surface area contributed by atoms with E-state index in [0.29, 0.717) is 18.4 Å². The lowest BCUT2D eigenvalue weighted by atomic mass is 9.97. The molecule has 0 aliphatic heterocycles. The van der Waals surface area contributed by atoms with Crippen LogP contribution in [0.3, 0.4) is 0 Å². The fraction of sp³-hybridized carbons (Fsp3) is 0.389. The average molecular weight is 414 g/mol. The van der Waals surface area contributed by atoms with Crippen molar-refractivity contribution in [2.45, 2.75) is 46.3 Å². The number of aryl methyl sites for hydroxylation is 3. The molecule has 2 aromatic rings. The number of benzene rings is 1. The molecule has 0 fully saturated rings. The van der Waals surface area contributed by atoms with E-state index in [0.717, 1.165) is 21.1 Å². The van der Waals surface area contributed by atoms with Crippen LogP contribution in [0.1, 0.15) is 46.1 Å². The zero-order valence-electron chi connectivity index (χ0n) is 15.1. The fourth-order valence-electron chi connectivity index (χ4n) is 3.14. The van der Waals surface area contributed by atoms with E-state index in [2.05, 4.69) is 14.4 Å². The van der Waals surface area contributed by atoms with Gasteiger partial charge in [-0.1, -0.05) is 6.07 Å². The maximum atomic E-state index is 12.8. The Kier molecular flexibility index (Phi) is 5.64. The first-order valence-electron chi connectivity index (χ1n) is 8.40. The summed E-state index contributed by atoms with van der Waals surface area (Å²) in [5.74, 6) is 0.0752. The summed E-state index contributed by atoms with van der Waals surface area (Å²) >= 11 is 1.47. The van der Waals surface area contributed by atoms with E-state index in [1.54, 1.807) is 19.1 Å². The SMILES string of the molecule is Cc1nc(C)c([C@@H](C)NS(=O)(=O)C2=Cc3ccc(OC(F)F)cc3CC2)s1. The summed E-state index contributed by atoms with van der Waals surface area (Å²) in [6.07, 6.45) is 2.33. The van der Waals surface area contributed by atoms with Crippen LogP contribution in [-0.4, -0.2) is 20.0 Å². The highest BCUT2D eigenvalue weighted by atomic mass is 32.2. The minimum absolute atomic E-state index is 0.0752. The summed E-state index contributed by atoms with van der Waals surface area (Å²) in [6, 6.07) is 4.16. The van der Waals surface area contributed by atoms with Crippen LogP contribution < -0.4 is 9.46 Å². The van der Waals surface area contributed by atoms with Gasteiger partial charge in [-0.2, -0.15) is 8.78 Å². The van der Waals surface area contributed by atoms with Gasteiger partial charge in [0.25, 0.3) is 0 Å². The number of fused-ring (bicyclic) bond motifs is 1. The van der Waals surface area contributed by atoms with Crippen molar-refractivity contribution in [3.05, 3.63) is 49.8 Å². The van der Waals surface area contributed by atoms with Crippen LogP contribution in [0, 0.1) is 13.8 Å². The second-order valence-electron chi connectivity index (χ2n) is 6.38. The third-order valence-electron chi connectivity index (χ3n) is 4.31. The highest BCUT2D eigenvalue weighted by Crippen LogP contribution is 2.31. The molecule has 1 aromatic carbocycles. The first kappa shape index (κ1) is 19.9. The summed E-state index contributed by atoms with van der Waals surface area (Å²) in [5.41, 5.74) is 2.30. The average Bonchev–Trinajstić information content (AvgIpc) is 2.92. The summed E-state index contributed by atoms with van der Waals surface area (Å²) < 4.78 is 57.4. The smallest absolute Gasteiger partial charge is 0.387 e. The Morgan fingerprint density at radius 3 is 2.63 bits per heavy atom. The first-order chi connectivity index (χ1) is 12.7. The highest BCUT2D eigenvalue weighted by molar-refractivity contribution is 7.93. The Morgan fingerprint density at radius 1 is 1.26 bits per heavy atom. The molecule has 9 heteroatoms. The lowest BCUT2D eigenvalue weighted by molar-refractivity contribution is -0.0498. The number of sulfonamides is 1. The Balaban J connectivity index is 1.81. The number of hydrogen-bond acceptors (Lipinski definition) is 5. The van der Waals surface area contributed by atoms with Crippen LogP contribution in [0.2, 0.25) is 0 Å². The van der Waals surface area contributed by atoms with E-state index in [9.17, 15) is 17.2 Å². The number of rotatable bonds is 6. The minimum atomic E-state index is -3.67. The number of allylic oxidation sites excluding steroid dienone is 1. The molecule has 146 valence electrons. The van der Waals surface area contributed by atoms with Gasteiger partial charge in [0, 0.05) is 4.88 Å². The van der Waals surface area contributed by atoms with E-state index in [-0.39, 0.29) is 16.7 Å². The number of thiazole rings is 1. The van der Waals surface area contributed by atoms with Crippen molar-refractivity contribution < 1.29 is 21.9 Å². The molecule has 0 saturated heterocycles. The second kappa shape index (κ2) is 7.65. The molecule has 1 N–H and O–H groups in total. The van der Waals surface area contributed by atoms with Crippen LogP contribution in [0.15, 0.2) is 23.1 Å². The van der Waals surface area contributed by atoms with Gasteiger partial charge in [0.15, 0.2) is 0 Å². The standard InChI is InChI=1S/C18H20F2N2O3S2/c1-10-17(26-12(3)21-10)11(2)22-27(23,24)16-7-5-13-8-15(25-18(19)20)6-4-14(13)9-16/h4,6,8-9,11,18,22H,5,7H2,1-3H3/t11-/m1/s1. The van der Waals surface area contributed by atoms with Crippen molar-refractivity contribution in [1.82, 2.24) is 9.71 Å². The number of ether oxygens (including phenoxy) is 1. The molecule has 1 aromatic heterocycles. The van der Waals surface area contributed by atoms with Gasteiger partial charge in [0.2, 0.25) is 10.0 Å². The Bertz CT molecular complexity index is 984. The van der Waals surface area contributed by atoms with E-state index >= 15 is 0 Å². The molecular formula is C18H20F2N2O3S2. The lowest BCUT2D eigenvalue weighted by Crippen LogP contribution is -2.28. The molecule has 1 aliphatic rings. The van der Waals surface area contributed by atoms with Crippen LogP contribution in [0.4, 0.5) is 8.78 Å². The molecule has 0 saturated carbocycles. The Morgan fingerprint density at radius 2 is 2.00 bits per heavy atom. The van der Waals surface area contributed by atoms with Gasteiger partial charge >= 0.3 is 6.61 Å². The van der Waals surface area contributed by atoms with Gasteiger partial charge in [-0.25, -0.2) is 18.1 Å². The third-order valence-corrected chi connectivity index (χ3v) is 7.24. The number of hydrogen-bond donors (Lipinski definition) is 1. The number of alkyl halides is 2. The summed E-state index contributed by atoms with van der Waals surface area (Å²) in [7, 11) is -3.67. The van der Waals surface area contributed by atoms with Crippen molar-refractivity contribution in [3.63, 3.8) is 0 Å². The molecule has 0 bridgehead atoms. The van der Waals surface area contributed by atoms with Crippen molar-refractivity contribution in [2.75, 3.05) is 0 Å². The maximum Gasteiger partial charge on any atom is 0.387 e. The predicted molar refractivity (Wildman–Crippen MR) is 101 cm³/mol. The van der Waals surface area contributed by atoms with Crippen molar-refractivity contribution in [2.24, 2.45) is 0 Å². The van der Waals surface area contributed by atoms with Crippen molar-refractivity contribution in [3.8, 4) is 5.75 Å². The molecule has 0 unspecified atom stereocenters. The number of nitrogens with one attached hydrogen (secondary N) is 1. The quantitative estimate of drug-likeness (QED) is 0.764. The maximum absolute atomic E-state index is 12.8. The number of halogens is 2. The summed E-state index contributed by atoms with van der Waals surface area (Å²) in [4.78, 5) is 5.51. The third kappa shape index (κ3) is 4.53. The summed E-state index contributed by atoms with van der Waals surface area (Å²) in [5, 5.41) is 0.890. The second-order valence-corrected chi connectivity index (χ2v) is 9.38. The number of aromatic nitrogens is 1. The van der Waals surface area contributed by atoms with E-state index in [4.69, 9.17) is 0 Å². The molecular weight excluding hydrogens is 394 g/mol. The molecule has 3 rings (SSSR count). The van der Waals surface area contributed by atoms with Crippen LogP contribution in [0.25, 0.3) is 6.08 Å². The van der Waals surface area contributed by atoms with Gasteiger partial charge < -0.3 is 4.74 Å². The van der Waals surface area contributed by atoms with Crippen LogP contribution in [-0.2, 0) is 16.4 Å². The molecule has 27 heavy (non-hydrogen) atoms. The molecule has 1 atom stereocenters. The van der Waals surface area contributed by atoms with Crippen LogP contribution >= 0.6 is 11.3 Å². The molecule has 0 radical (unpaired) electrons. The van der Waals surface area contributed by atoms with Gasteiger partial charge in [0.1, 0.15) is 5.75 Å². The molecule has 5 nitrogen and oxygen atoms in total. The fourth-order valence-corrected chi connectivity index (χ4v) is 5.53. The zero-order chi connectivity index (χ0) is 19.8. The van der Waals surface area contributed by atoms with Crippen LogP contribution in [0.5, 0.6) is 5.75 Å². The van der Waals surface area contributed by atoms with E-state index in [1.165, 1.54) is 23.5 Å². The topological polar surface area (TPSA) is 68.3 Å². The van der Waals surface area contributed by atoms with Gasteiger partial charge in [-0.05, 0) is 62.9 Å². The van der Waals surface area contributed by atoms with Gasteiger partial charge in [-0.3, -0.25) is 0 Å². The predicted octanol–water partition coefficient (Wildman–Crippen LogP) is 4.33. The largest absolute Gasteiger partial charge is 0.435 e. The number of nitrogens with zero attached hydrogens (tertiary/aromatic N) is 1. The molecule has 0 spiro atoms. The minimum Gasteiger partial charge on any atom is -0.435 e. The van der Waals surface area contributed by atoms with E-state index < -0.39 is 16.6 Å². The first-order valence-corrected chi connectivity index (χ1v) is 10.7.